The lowest BCUT2D eigenvalue weighted by molar-refractivity contribution is 0.349. The van der Waals surface area contributed by atoms with E-state index in [4.69, 9.17) is 0 Å². The Balaban J connectivity index is 1.69. The van der Waals surface area contributed by atoms with Crippen molar-refractivity contribution in [2.75, 3.05) is 5.32 Å². The molecule has 3 rings (SSSR count). The summed E-state index contributed by atoms with van der Waals surface area (Å²) in [5, 5.41) is 11.9. The lowest BCUT2D eigenvalue weighted by atomic mass is 9.86. The van der Waals surface area contributed by atoms with Gasteiger partial charge < -0.3 is 5.32 Å². The third-order valence-electron chi connectivity index (χ3n) is 3.98. The van der Waals surface area contributed by atoms with Crippen LogP contribution in [0.3, 0.4) is 0 Å². The third-order valence-corrected chi connectivity index (χ3v) is 3.98. The van der Waals surface area contributed by atoms with Gasteiger partial charge in [-0.25, -0.2) is 0 Å². The molecule has 1 aliphatic rings. The molecular formula is C15H20N4. The van der Waals surface area contributed by atoms with Crippen LogP contribution in [0, 0.1) is 5.92 Å². The molecule has 1 aromatic carbocycles. The van der Waals surface area contributed by atoms with E-state index in [0.717, 1.165) is 11.6 Å². The van der Waals surface area contributed by atoms with Gasteiger partial charge in [-0.3, -0.25) is 0 Å². The highest BCUT2D eigenvalue weighted by atomic mass is 15.5. The number of hydrogen-bond donors (Lipinski definition) is 1. The molecule has 0 radical (unpaired) electrons. The van der Waals surface area contributed by atoms with Gasteiger partial charge in [-0.1, -0.05) is 19.8 Å². The van der Waals surface area contributed by atoms with E-state index in [0.29, 0.717) is 6.04 Å². The molecule has 100 valence electrons. The Morgan fingerprint density at radius 2 is 1.74 bits per heavy atom. The summed E-state index contributed by atoms with van der Waals surface area (Å²) in [6.45, 7) is 2.35. The normalized spacial score (nSPS) is 23.2. The molecular weight excluding hydrogens is 236 g/mol. The minimum Gasteiger partial charge on any atom is -0.382 e. The van der Waals surface area contributed by atoms with Gasteiger partial charge in [0.1, 0.15) is 0 Å². The predicted molar refractivity (Wildman–Crippen MR) is 76.4 cm³/mol. The maximum Gasteiger partial charge on any atom is 0.0858 e. The average Bonchev–Trinajstić information content (AvgIpc) is 2.96. The molecule has 1 aromatic heterocycles. The van der Waals surface area contributed by atoms with Gasteiger partial charge in [0.25, 0.3) is 0 Å². The smallest absolute Gasteiger partial charge is 0.0858 e. The quantitative estimate of drug-likeness (QED) is 0.916. The molecule has 1 saturated carbocycles. The highest BCUT2D eigenvalue weighted by Crippen LogP contribution is 2.26. The Morgan fingerprint density at radius 1 is 1.05 bits per heavy atom. The zero-order valence-electron chi connectivity index (χ0n) is 11.3. The molecule has 2 atom stereocenters. The summed E-state index contributed by atoms with van der Waals surface area (Å²) in [6, 6.07) is 8.94. The van der Waals surface area contributed by atoms with Gasteiger partial charge in [0, 0.05) is 11.7 Å². The Labute approximate surface area is 113 Å². The minimum absolute atomic E-state index is 0.613. The summed E-state index contributed by atoms with van der Waals surface area (Å²) in [4.78, 5) is 1.63. The second-order valence-electron chi connectivity index (χ2n) is 5.38. The van der Waals surface area contributed by atoms with Gasteiger partial charge in [0.05, 0.1) is 18.1 Å². The summed E-state index contributed by atoms with van der Waals surface area (Å²) in [6.07, 6.45) is 8.73. The van der Waals surface area contributed by atoms with Crippen LogP contribution in [-0.2, 0) is 0 Å². The van der Waals surface area contributed by atoms with E-state index in [1.165, 1.54) is 31.4 Å². The van der Waals surface area contributed by atoms with Crippen molar-refractivity contribution >= 4 is 5.69 Å². The number of nitrogens with zero attached hydrogens (tertiary/aromatic N) is 3. The van der Waals surface area contributed by atoms with Crippen LogP contribution < -0.4 is 5.32 Å². The fourth-order valence-corrected chi connectivity index (χ4v) is 2.78. The van der Waals surface area contributed by atoms with Crippen LogP contribution in [0.4, 0.5) is 5.69 Å². The molecule has 19 heavy (non-hydrogen) atoms. The first-order valence-corrected chi connectivity index (χ1v) is 7.06. The van der Waals surface area contributed by atoms with Crippen LogP contribution >= 0.6 is 0 Å². The van der Waals surface area contributed by atoms with Crippen LogP contribution in [0.15, 0.2) is 36.7 Å². The summed E-state index contributed by atoms with van der Waals surface area (Å²) in [7, 11) is 0. The summed E-state index contributed by atoms with van der Waals surface area (Å²) in [5.74, 6) is 0.765. The van der Waals surface area contributed by atoms with Crippen LogP contribution in [0.5, 0.6) is 0 Å². The molecule has 4 nitrogen and oxygen atoms in total. The van der Waals surface area contributed by atoms with Gasteiger partial charge in [0.15, 0.2) is 0 Å². The number of hydrogen-bond acceptors (Lipinski definition) is 3. The van der Waals surface area contributed by atoms with Gasteiger partial charge in [-0.05, 0) is 43.0 Å². The first-order valence-electron chi connectivity index (χ1n) is 7.06. The fraction of sp³-hybridized carbons (Fsp3) is 0.467. The van der Waals surface area contributed by atoms with E-state index in [9.17, 15) is 0 Å². The second kappa shape index (κ2) is 5.43. The monoisotopic (exact) mass is 256 g/mol. The fourth-order valence-electron chi connectivity index (χ4n) is 2.78. The van der Waals surface area contributed by atoms with Crippen molar-refractivity contribution in [3.8, 4) is 5.69 Å². The van der Waals surface area contributed by atoms with Crippen LogP contribution in [0.25, 0.3) is 5.69 Å². The largest absolute Gasteiger partial charge is 0.382 e. The van der Waals surface area contributed by atoms with Crippen molar-refractivity contribution < 1.29 is 0 Å². The maximum absolute atomic E-state index is 4.13. The second-order valence-corrected chi connectivity index (χ2v) is 5.38. The Hall–Kier alpha value is -1.84. The lowest BCUT2D eigenvalue weighted by Crippen LogP contribution is -2.30. The van der Waals surface area contributed by atoms with E-state index in [1.807, 2.05) is 0 Å². The molecule has 1 fully saturated rings. The van der Waals surface area contributed by atoms with Crippen molar-refractivity contribution in [2.24, 2.45) is 5.92 Å². The van der Waals surface area contributed by atoms with E-state index in [2.05, 4.69) is 46.7 Å². The predicted octanol–water partition coefficient (Wildman–Crippen LogP) is 3.26. The highest BCUT2D eigenvalue weighted by Gasteiger charge is 2.20. The minimum atomic E-state index is 0.613. The number of nitrogens with one attached hydrogen (secondary N) is 1. The zero-order valence-corrected chi connectivity index (χ0v) is 11.3. The van der Waals surface area contributed by atoms with E-state index >= 15 is 0 Å². The summed E-state index contributed by atoms with van der Waals surface area (Å²) < 4.78 is 0. The third kappa shape index (κ3) is 2.78. The van der Waals surface area contributed by atoms with Crippen molar-refractivity contribution in [1.29, 1.82) is 0 Å². The summed E-state index contributed by atoms with van der Waals surface area (Å²) >= 11 is 0. The van der Waals surface area contributed by atoms with Crippen LogP contribution in [0.2, 0.25) is 0 Å². The molecule has 1 aliphatic carbocycles. The van der Waals surface area contributed by atoms with E-state index < -0.39 is 0 Å². The molecule has 1 N–H and O–H groups in total. The SMILES string of the molecule is CC1CCCCC1Nc1ccc(-n2nccn2)cc1. The van der Waals surface area contributed by atoms with E-state index in [-0.39, 0.29) is 0 Å². The molecule has 0 spiro atoms. The molecule has 2 unspecified atom stereocenters. The Morgan fingerprint density at radius 3 is 2.42 bits per heavy atom. The highest BCUT2D eigenvalue weighted by molar-refractivity contribution is 5.48. The van der Waals surface area contributed by atoms with Gasteiger partial charge in [-0.2, -0.15) is 15.0 Å². The van der Waals surface area contributed by atoms with E-state index in [1.54, 1.807) is 17.2 Å². The standard InChI is InChI=1S/C15H20N4/c1-12-4-2-3-5-15(12)18-13-6-8-14(9-7-13)19-16-10-11-17-19/h6-12,15,18H,2-5H2,1H3. The van der Waals surface area contributed by atoms with Crippen molar-refractivity contribution in [3.05, 3.63) is 36.7 Å². The number of benzene rings is 1. The van der Waals surface area contributed by atoms with Crippen LogP contribution in [-0.4, -0.2) is 21.0 Å². The molecule has 0 amide bonds. The molecule has 0 aliphatic heterocycles. The van der Waals surface area contributed by atoms with Crippen molar-refractivity contribution in [1.82, 2.24) is 15.0 Å². The van der Waals surface area contributed by atoms with Gasteiger partial charge in [0.2, 0.25) is 0 Å². The topological polar surface area (TPSA) is 42.7 Å². The zero-order chi connectivity index (χ0) is 13.1. The summed E-state index contributed by atoms with van der Waals surface area (Å²) in [5.41, 5.74) is 2.18. The van der Waals surface area contributed by atoms with Gasteiger partial charge in [-0.15, -0.1) is 0 Å². The molecule has 1 heterocycles. The average molecular weight is 256 g/mol. The number of anilines is 1. The first kappa shape index (κ1) is 12.2. The molecule has 0 saturated heterocycles. The van der Waals surface area contributed by atoms with Gasteiger partial charge >= 0.3 is 0 Å². The van der Waals surface area contributed by atoms with Crippen molar-refractivity contribution in [3.63, 3.8) is 0 Å². The molecule has 0 bridgehead atoms. The molecule has 4 heteroatoms. The first-order chi connectivity index (χ1) is 9.33. The van der Waals surface area contributed by atoms with Crippen molar-refractivity contribution in [2.45, 2.75) is 38.6 Å². The number of aromatic nitrogens is 3. The van der Waals surface area contributed by atoms with Crippen LogP contribution in [0.1, 0.15) is 32.6 Å². The maximum atomic E-state index is 4.13. The Bertz CT molecular complexity index is 503. The Kier molecular flexibility index (Phi) is 3.49. The number of rotatable bonds is 3. The lowest BCUT2D eigenvalue weighted by Gasteiger charge is -2.30. The molecule has 2 aromatic rings.